The molecule has 0 saturated heterocycles. The van der Waals surface area contributed by atoms with Gasteiger partial charge < -0.3 is 9.47 Å². The predicted octanol–water partition coefficient (Wildman–Crippen LogP) is 2.70. The Labute approximate surface area is 106 Å². The molecule has 0 saturated carbocycles. The van der Waals surface area contributed by atoms with Gasteiger partial charge in [-0.2, -0.15) is 0 Å². The van der Waals surface area contributed by atoms with Crippen molar-refractivity contribution in [2.24, 2.45) is 5.73 Å². The third kappa shape index (κ3) is 2.17. The van der Waals surface area contributed by atoms with Crippen molar-refractivity contribution in [2.45, 2.75) is 18.8 Å². The smallest absolute Gasteiger partial charge is 0.310 e. The number of hydrogen-bond donors (Lipinski definition) is 1. The standard InChI is InChI=1S/C15H15NO2/c16-15(17-13-7-2-1-3-8-13)11-10-12-6-4-5-9-14(12)18-15/h1-9H,10-11,16H2. The van der Waals surface area contributed by atoms with Crippen LogP contribution in [0.3, 0.4) is 0 Å². The van der Waals surface area contributed by atoms with E-state index in [2.05, 4.69) is 6.07 Å². The van der Waals surface area contributed by atoms with Crippen LogP contribution < -0.4 is 15.2 Å². The number of fused-ring (bicyclic) bond motifs is 1. The zero-order chi connectivity index (χ0) is 12.4. The molecule has 3 heteroatoms. The molecule has 3 rings (SSSR count). The Morgan fingerprint density at radius 1 is 1.00 bits per heavy atom. The lowest BCUT2D eigenvalue weighted by atomic mass is 10.0. The van der Waals surface area contributed by atoms with Crippen molar-refractivity contribution in [1.29, 1.82) is 0 Å². The fourth-order valence-corrected chi connectivity index (χ4v) is 2.12. The summed E-state index contributed by atoms with van der Waals surface area (Å²) in [6, 6.07) is 17.4. The number of benzene rings is 2. The second-order valence-electron chi connectivity index (χ2n) is 4.44. The highest BCUT2D eigenvalue weighted by atomic mass is 16.7. The van der Waals surface area contributed by atoms with Crippen LogP contribution in [-0.2, 0) is 6.42 Å². The molecule has 0 amide bonds. The van der Waals surface area contributed by atoms with Crippen molar-refractivity contribution in [3.63, 3.8) is 0 Å². The molecule has 2 aromatic rings. The maximum Gasteiger partial charge on any atom is 0.310 e. The molecular weight excluding hydrogens is 226 g/mol. The largest absolute Gasteiger partial charge is 0.440 e. The Morgan fingerprint density at radius 2 is 1.72 bits per heavy atom. The summed E-state index contributed by atoms with van der Waals surface area (Å²) < 4.78 is 11.5. The minimum atomic E-state index is -1.07. The first-order valence-corrected chi connectivity index (χ1v) is 6.05. The Hall–Kier alpha value is -2.00. The van der Waals surface area contributed by atoms with Gasteiger partial charge in [-0.25, -0.2) is 0 Å². The highest BCUT2D eigenvalue weighted by Crippen LogP contribution is 2.31. The van der Waals surface area contributed by atoms with Gasteiger partial charge in [-0.15, -0.1) is 0 Å². The normalized spacial score (nSPS) is 21.8. The van der Waals surface area contributed by atoms with Crippen LogP contribution >= 0.6 is 0 Å². The summed E-state index contributed by atoms with van der Waals surface area (Å²) in [6.07, 6.45) is 1.50. The highest BCUT2D eigenvalue weighted by molar-refractivity contribution is 5.35. The quantitative estimate of drug-likeness (QED) is 0.822. The van der Waals surface area contributed by atoms with Gasteiger partial charge >= 0.3 is 5.91 Å². The van der Waals surface area contributed by atoms with E-state index in [1.54, 1.807) is 0 Å². The van der Waals surface area contributed by atoms with E-state index >= 15 is 0 Å². The Morgan fingerprint density at radius 3 is 2.56 bits per heavy atom. The Bertz CT molecular complexity index is 541. The Balaban J connectivity index is 1.82. The third-order valence-corrected chi connectivity index (χ3v) is 3.03. The lowest BCUT2D eigenvalue weighted by Gasteiger charge is -2.34. The molecule has 0 aliphatic carbocycles. The van der Waals surface area contributed by atoms with Crippen LogP contribution in [0.2, 0.25) is 0 Å². The van der Waals surface area contributed by atoms with E-state index in [0.29, 0.717) is 6.42 Å². The van der Waals surface area contributed by atoms with Crippen molar-refractivity contribution < 1.29 is 9.47 Å². The van der Waals surface area contributed by atoms with E-state index in [1.807, 2.05) is 48.5 Å². The zero-order valence-corrected chi connectivity index (χ0v) is 10.0. The molecule has 0 radical (unpaired) electrons. The average molecular weight is 241 g/mol. The van der Waals surface area contributed by atoms with Gasteiger partial charge in [-0.3, -0.25) is 5.73 Å². The molecule has 1 unspecified atom stereocenters. The molecule has 18 heavy (non-hydrogen) atoms. The monoisotopic (exact) mass is 241 g/mol. The van der Waals surface area contributed by atoms with Crippen molar-refractivity contribution in [1.82, 2.24) is 0 Å². The molecule has 1 aliphatic heterocycles. The Kier molecular flexibility index (Phi) is 2.68. The van der Waals surface area contributed by atoms with Crippen LogP contribution in [0.1, 0.15) is 12.0 Å². The van der Waals surface area contributed by atoms with Crippen LogP contribution in [0.4, 0.5) is 0 Å². The SMILES string of the molecule is NC1(Oc2ccccc2)CCc2ccccc2O1. The first-order chi connectivity index (χ1) is 8.75. The van der Waals surface area contributed by atoms with E-state index in [-0.39, 0.29) is 0 Å². The average Bonchev–Trinajstić information content (AvgIpc) is 2.39. The van der Waals surface area contributed by atoms with Crippen LogP contribution in [-0.4, -0.2) is 5.91 Å². The molecule has 0 spiro atoms. The van der Waals surface area contributed by atoms with Gasteiger partial charge in [0.25, 0.3) is 0 Å². The fraction of sp³-hybridized carbons (Fsp3) is 0.200. The van der Waals surface area contributed by atoms with Gasteiger partial charge in [0.15, 0.2) is 0 Å². The topological polar surface area (TPSA) is 44.5 Å². The van der Waals surface area contributed by atoms with Gasteiger partial charge in [-0.05, 0) is 30.2 Å². The summed E-state index contributed by atoms with van der Waals surface area (Å²) in [5.74, 6) is 0.456. The van der Waals surface area contributed by atoms with Crippen molar-refractivity contribution in [3.05, 3.63) is 60.2 Å². The number of ether oxygens (including phenoxy) is 2. The lowest BCUT2D eigenvalue weighted by Crippen LogP contribution is -2.53. The van der Waals surface area contributed by atoms with Gasteiger partial charge in [0.05, 0.1) is 0 Å². The van der Waals surface area contributed by atoms with Gasteiger partial charge in [0, 0.05) is 6.42 Å². The first-order valence-electron chi connectivity index (χ1n) is 6.05. The summed E-state index contributed by atoms with van der Waals surface area (Å²) in [7, 11) is 0. The van der Waals surface area contributed by atoms with E-state index in [4.69, 9.17) is 15.2 Å². The van der Waals surface area contributed by atoms with Gasteiger partial charge in [0.2, 0.25) is 0 Å². The number of para-hydroxylation sites is 2. The minimum Gasteiger partial charge on any atom is -0.440 e. The van der Waals surface area contributed by atoms with Gasteiger partial charge in [-0.1, -0.05) is 36.4 Å². The number of aryl methyl sites for hydroxylation is 1. The molecule has 2 N–H and O–H groups in total. The summed E-state index contributed by atoms with van der Waals surface area (Å²) in [6.45, 7) is 0. The van der Waals surface area contributed by atoms with Crippen molar-refractivity contribution >= 4 is 0 Å². The molecule has 3 nitrogen and oxygen atoms in total. The highest BCUT2D eigenvalue weighted by Gasteiger charge is 2.34. The second kappa shape index (κ2) is 4.35. The van der Waals surface area contributed by atoms with Crippen LogP contribution in [0.25, 0.3) is 0 Å². The molecule has 0 bridgehead atoms. The molecule has 92 valence electrons. The van der Waals surface area contributed by atoms with E-state index in [1.165, 1.54) is 5.56 Å². The molecule has 1 aliphatic rings. The number of rotatable bonds is 2. The number of hydrogen-bond acceptors (Lipinski definition) is 3. The third-order valence-electron chi connectivity index (χ3n) is 3.03. The summed E-state index contributed by atoms with van der Waals surface area (Å²) >= 11 is 0. The van der Waals surface area contributed by atoms with Crippen molar-refractivity contribution in [3.8, 4) is 11.5 Å². The fourth-order valence-electron chi connectivity index (χ4n) is 2.12. The molecular formula is C15H15NO2. The maximum atomic E-state index is 6.16. The minimum absolute atomic E-state index is 0.638. The molecule has 1 heterocycles. The lowest BCUT2D eigenvalue weighted by molar-refractivity contribution is -0.122. The summed E-state index contributed by atoms with van der Waals surface area (Å²) in [5, 5.41) is 0. The maximum absolute atomic E-state index is 6.16. The van der Waals surface area contributed by atoms with E-state index in [9.17, 15) is 0 Å². The zero-order valence-electron chi connectivity index (χ0n) is 10.0. The predicted molar refractivity (Wildman–Crippen MR) is 69.4 cm³/mol. The molecule has 2 aromatic carbocycles. The van der Waals surface area contributed by atoms with Crippen molar-refractivity contribution in [2.75, 3.05) is 0 Å². The summed E-state index contributed by atoms with van der Waals surface area (Å²) in [4.78, 5) is 0. The molecule has 0 aromatic heterocycles. The van der Waals surface area contributed by atoms with E-state index in [0.717, 1.165) is 17.9 Å². The second-order valence-corrected chi connectivity index (χ2v) is 4.44. The number of nitrogens with two attached hydrogens (primary N) is 1. The van der Waals surface area contributed by atoms with Crippen LogP contribution in [0.5, 0.6) is 11.5 Å². The summed E-state index contributed by atoms with van der Waals surface area (Å²) in [5.41, 5.74) is 7.34. The molecule has 1 atom stereocenters. The molecule has 0 fully saturated rings. The first kappa shape index (κ1) is 11.1. The van der Waals surface area contributed by atoms with Gasteiger partial charge in [0.1, 0.15) is 11.5 Å². The van der Waals surface area contributed by atoms with E-state index < -0.39 is 5.91 Å². The van der Waals surface area contributed by atoms with Crippen LogP contribution in [0.15, 0.2) is 54.6 Å². The van der Waals surface area contributed by atoms with Crippen LogP contribution in [0, 0.1) is 0 Å².